The molecule has 4 atom stereocenters. The van der Waals surface area contributed by atoms with Crippen LogP contribution in [0.1, 0.15) is 37.7 Å². The number of thioether (sulfide) groups is 1. The monoisotopic (exact) mass is 577 g/mol. The molecule has 0 radical (unpaired) electrons. The number of hydrogen-bond acceptors (Lipinski definition) is 8. The van der Waals surface area contributed by atoms with Crippen molar-refractivity contribution in [2.75, 3.05) is 18.6 Å². The molecule has 0 bridgehead atoms. The SMILES string of the molecule is CSCCC(NC(=O)C(Cc1c[nH]c2ccccc12)NC(=O)C(CCCCN)NC(=O)C(N)CC(N)=O)C(=O)O. The first-order valence-electron chi connectivity index (χ1n) is 13.0. The lowest BCUT2D eigenvalue weighted by molar-refractivity contribution is -0.142. The molecule has 220 valence electrons. The highest BCUT2D eigenvalue weighted by Gasteiger charge is 2.31. The minimum Gasteiger partial charge on any atom is -0.480 e. The predicted octanol–water partition coefficient (Wildman–Crippen LogP) is -0.666. The normalized spacial score (nSPS) is 14.1. The Morgan fingerprint density at radius 3 is 2.25 bits per heavy atom. The van der Waals surface area contributed by atoms with E-state index in [4.69, 9.17) is 17.2 Å². The fourth-order valence-electron chi connectivity index (χ4n) is 4.12. The molecule has 4 unspecified atom stereocenters. The molecular weight excluding hydrogens is 538 g/mol. The molecule has 4 amide bonds. The van der Waals surface area contributed by atoms with E-state index in [1.807, 2.05) is 30.5 Å². The molecule has 11 N–H and O–H groups in total. The predicted molar refractivity (Wildman–Crippen MR) is 153 cm³/mol. The first-order valence-corrected chi connectivity index (χ1v) is 14.4. The van der Waals surface area contributed by atoms with Gasteiger partial charge in [-0.1, -0.05) is 18.2 Å². The van der Waals surface area contributed by atoms with Crippen LogP contribution in [0.15, 0.2) is 30.5 Å². The Balaban J connectivity index is 2.30. The zero-order chi connectivity index (χ0) is 29.7. The standard InChI is InChI=1S/C26H39N7O6S/c1-40-11-9-20(26(38)39)32-25(37)21(12-15-14-30-18-7-3-2-6-16(15)18)33-24(36)19(8-4-5-10-27)31-23(35)17(28)13-22(29)34/h2-3,6-7,14,17,19-21,30H,4-5,8-13,27-28H2,1H3,(H2,29,34)(H,31,35)(H,32,37)(H,33,36)(H,38,39). The summed E-state index contributed by atoms with van der Waals surface area (Å²) in [5, 5.41) is 18.2. The summed E-state index contributed by atoms with van der Waals surface area (Å²) in [7, 11) is 0. The minimum absolute atomic E-state index is 0.0567. The summed E-state index contributed by atoms with van der Waals surface area (Å²) in [6, 6.07) is 2.80. The van der Waals surface area contributed by atoms with Crippen molar-refractivity contribution in [2.24, 2.45) is 17.2 Å². The maximum absolute atomic E-state index is 13.4. The number of amides is 4. The van der Waals surface area contributed by atoms with Crippen LogP contribution in [-0.2, 0) is 30.4 Å². The second kappa shape index (κ2) is 16.5. The molecule has 2 rings (SSSR count). The number of carbonyl (C=O) groups excluding carboxylic acids is 4. The van der Waals surface area contributed by atoms with E-state index in [1.54, 1.807) is 6.20 Å². The van der Waals surface area contributed by atoms with Crippen LogP contribution in [0.4, 0.5) is 0 Å². The zero-order valence-corrected chi connectivity index (χ0v) is 23.3. The van der Waals surface area contributed by atoms with Crippen LogP contribution in [0, 0.1) is 0 Å². The average Bonchev–Trinajstić information content (AvgIpc) is 3.32. The minimum atomic E-state index is -1.25. The molecule has 0 aliphatic rings. The first kappa shape index (κ1) is 32.6. The van der Waals surface area contributed by atoms with Crippen molar-refractivity contribution >= 4 is 52.3 Å². The van der Waals surface area contributed by atoms with Crippen LogP contribution in [0.5, 0.6) is 0 Å². The summed E-state index contributed by atoms with van der Waals surface area (Å²) in [6.07, 6.45) is 4.69. The Labute approximate surface area is 236 Å². The van der Waals surface area contributed by atoms with Crippen LogP contribution in [0.2, 0.25) is 0 Å². The number of nitrogens with two attached hydrogens (primary N) is 3. The fourth-order valence-corrected chi connectivity index (χ4v) is 4.59. The molecule has 0 saturated carbocycles. The van der Waals surface area contributed by atoms with Gasteiger partial charge in [-0.15, -0.1) is 0 Å². The number of para-hydroxylation sites is 1. The number of H-pyrrole nitrogens is 1. The third kappa shape index (κ3) is 10.2. The number of aromatic nitrogens is 1. The van der Waals surface area contributed by atoms with E-state index in [-0.39, 0.29) is 19.3 Å². The van der Waals surface area contributed by atoms with E-state index in [9.17, 15) is 29.1 Å². The highest BCUT2D eigenvalue weighted by atomic mass is 32.2. The van der Waals surface area contributed by atoms with Crippen LogP contribution >= 0.6 is 11.8 Å². The van der Waals surface area contributed by atoms with E-state index in [1.165, 1.54) is 11.8 Å². The van der Waals surface area contributed by atoms with Crippen LogP contribution in [0.3, 0.4) is 0 Å². The van der Waals surface area contributed by atoms with Crippen molar-refractivity contribution in [3.8, 4) is 0 Å². The number of unbranched alkanes of at least 4 members (excludes halogenated alkanes) is 1. The maximum atomic E-state index is 13.4. The first-order chi connectivity index (χ1) is 19.1. The lowest BCUT2D eigenvalue weighted by Crippen LogP contribution is -2.57. The van der Waals surface area contributed by atoms with Gasteiger partial charge in [-0.3, -0.25) is 19.2 Å². The van der Waals surface area contributed by atoms with E-state index in [0.717, 1.165) is 16.5 Å². The average molecular weight is 578 g/mol. The summed E-state index contributed by atoms with van der Waals surface area (Å²) in [4.78, 5) is 65.4. The number of nitrogens with one attached hydrogen (secondary N) is 4. The molecule has 1 aromatic heterocycles. The lowest BCUT2D eigenvalue weighted by Gasteiger charge is -2.25. The zero-order valence-electron chi connectivity index (χ0n) is 22.5. The molecule has 14 heteroatoms. The number of primary amides is 1. The van der Waals surface area contributed by atoms with Crippen LogP contribution < -0.4 is 33.2 Å². The molecule has 0 spiro atoms. The Kier molecular flexibility index (Phi) is 13.4. The van der Waals surface area contributed by atoms with Gasteiger partial charge >= 0.3 is 5.97 Å². The summed E-state index contributed by atoms with van der Waals surface area (Å²) < 4.78 is 0. The van der Waals surface area contributed by atoms with Gasteiger partial charge in [-0.25, -0.2) is 4.79 Å². The third-order valence-corrected chi connectivity index (χ3v) is 6.94. The molecule has 1 heterocycles. The summed E-state index contributed by atoms with van der Waals surface area (Å²) in [5.41, 5.74) is 18.0. The topological polar surface area (TPSA) is 236 Å². The van der Waals surface area contributed by atoms with Gasteiger partial charge in [0.05, 0.1) is 12.5 Å². The van der Waals surface area contributed by atoms with Gasteiger partial charge in [0.1, 0.15) is 18.1 Å². The van der Waals surface area contributed by atoms with Crippen molar-refractivity contribution in [3.05, 3.63) is 36.0 Å². The quantitative estimate of drug-likeness (QED) is 0.105. The van der Waals surface area contributed by atoms with Gasteiger partial charge in [-0.2, -0.15) is 11.8 Å². The molecule has 13 nitrogen and oxygen atoms in total. The molecule has 0 saturated heterocycles. The number of hydrogen-bond donors (Lipinski definition) is 8. The number of carboxylic acids is 1. The van der Waals surface area contributed by atoms with Crippen molar-refractivity contribution in [1.82, 2.24) is 20.9 Å². The van der Waals surface area contributed by atoms with Crippen molar-refractivity contribution in [2.45, 2.75) is 62.7 Å². The third-order valence-electron chi connectivity index (χ3n) is 6.29. The number of fused-ring (bicyclic) bond motifs is 1. The van der Waals surface area contributed by atoms with Crippen LogP contribution in [-0.4, -0.2) is 82.4 Å². The number of rotatable bonds is 18. The van der Waals surface area contributed by atoms with Crippen molar-refractivity contribution < 1.29 is 29.1 Å². The summed E-state index contributed by atoms with van der Waals surface area (Å²) in [6.45, 7) is 0.377. The Morgan fingerprint density at radius 2 is 1.60 bits per heavy atom. The van der Waals surface area contributed by atoms with Crippen molar-refractivity contribution in [3.63, 3.8) is 0 Å². The van der Waals surface area contributed by atoms with Gasteiger partial charge in [0, 0.05) is 23.5 Å². The number of aromatic amines is 1. The van der Waals surface area contributed by atoms with Gasteiger partial charge in [-0.05, 0) is 55.9 Å². The van der Waals surface area contributed by atoms with E-state index in [0.29, 0.717) is 25.1 Å². The van der Waals surface area contributed by atoms with E-state index >= 15 is 0 Å². The van der Waals surface area contributed by atoms with Gasteiger partial charge < -0.3 is 43.2 Å². The Hall–Kier alpha value is -3.62. The number of aliphatic carboxylic acids is 1. The van der Waals surface area contributed by atoms with E-state index < -0.39 is 60.2 Å². The number of benzene rings is 1. The highest BCUT2D eigenvalue weighted by Crippen LogP contribution is 2.19. The second-order valence-corrected chi connectivity index (χ2v) is 10.4. The summed E-state index contributed by atoms with van der Waals surface area (Å²) in [5.74, 6) is -3.52. The molecule has 0 aliphatic heterocycles. The molecular formula is C26H39N7O6S. The molecule has 40 heavy (non-hydrogen) atoms. The van der Waals surface area contributed by atoms with Gasteiger partial charge in [0.25, 0.3) is 0 Å². The van der Waals surface area contributed by atoms with Crippen molar-refractivity contribution in [1.29, 1.82) is 0 Å². The smallest absolute Gasteiger partial charge is 0.326 e. The van der Waals surface area contributed by atoms with Gasteiger partial charge in [0.15, 0.2) is 0 Å². The van der Waals surface area contributed by atoms with E-state index in [2.05, 4.69) is 20.9 Å². The molecule has 0 aliphatic carbocycles. The molecule has 1 aromatic carbocycles. The Bertz CT molecular complexity index is 1170. The maximum Gasteiger partial charge on any atom is 0.326 e. The van der Waals surface area contributed by atoms with Gasteiger partial charge in [0.2, 0.25) is 23.6 Å². The lowest BCUT2D eigenvalue weighted by atomic mass is 10.0. The number of carbonyl (C=O) groups is 5. The Morgan fingerprint density at radius 1 is 0.950 bits per heavy atom. The van der Waals surface area contributed by atoms with Crippen LogP contribution in [0.25, 0.3) is 10.9 Å². The highest BCUT2D eigenvalue weighted by molar-refractivity contribution is 7.98. The molecule has 2 aromatic rings. The summed E-state index contributed by atoms with van der Waals surface area (Å²) >= 11 is 1.45. The largest absolute Gasteiger partial charge is 0.480 e. The fraction of sp³-hybridized carbons (Fsp3) is 0.500. The molecule has 0 fully saturated rings. The number of carboxylic acid groups (broad SMARTS) is 1. The second-order valence-electron chi connectivity index (χ2n) is 9.43.